The summed E-state index contributed by atoms with van der Waals surface area (Å²) in [6, 6.07) is 3.77. The monoisotopic (exact) mass is 218 g/mol. The van der Waals surface area contributed by atoms with Gasteiger partial charge in [0, 0.05) is 24.4 Å². The van der Waals surface area contributed by atoms with E-state index in [1.165, 1.54) is 0 Å². The number of pyridine rings is 1. The topological polar surface area (TPSA) is 63.8 Å². The molecule has 0 unspecified atom stereocenters. The molecule has 0 bridgehead atoms. The standard InChI is InChI=1S/C11H14N4O/c1-12-6-3-5-10-14-11(15-16-10)9-4-2-7-13-8-9/h2,4,7-8,12H,3,5-6H2,1H3. The minimum absolute atomic E-state index is 0.604. The third-order valence-electron chi connectivity index (χ3n) is 2.21. The van der Waals surface area contributed by atoms with Crippen LogP contribution in [0.4, 0.5) is 0 Å². The molecule has 16 heavy (non-hydrogen) atoms. The van der Waals surface area contributed by atoms with E-state index >= 15 is 0 Å². The molecule has 0 fully saturated rings. The van der Waals surface area contributed by atoms with Crippen LogP contribution in [0.1, 0.15) is 12.3 Å². The summed E-state index contributed by atoms with van der Waals surface area (Å²) in [6.07, 6.45) is 5.24. The van der Waals surface area contributed by atoms with Crippen molar-refractivity contribution < 1.29 is 4.52 Å². The van der Waals surface area contributed by atoms with Gasteiger partial charge in [-0.2, -0.15) is 4.98 Å². The molecule has 2 rings (SSSR count). The van der Waals surface area contributed by atoms with Gasteiger partial charge in [0.05, 0.1) is 0 Å². The smallest absolute Gasteiger partial charge is 0.227 e. The summed E-state index contributed by atoms with van der Waals surface area (Å²) in [5.41, 5.74) is 0.881. The normalized spacial score (nSPS) is 10.6. The van der Waals surface area contributed by atoms with E-state index in [-0.39, 0.29) is 0 Å². The molecule has 0 aliphatic rings. The molecular formula is C11H14N4O. The molecule has 0 spiro atoms. The maximum atomic E-state index is 5.15. The van der Waals surface area contributed by atoms with E-state index in [0.717, 1.165) is 24.9 Å². The molecule has 2 heterocycles. The van der Waals surface area contributed by atoms with Crippen molar-refractivity contribution in [2.75, 3.05) is 13.6 Å². The van der Waals surface area contributed by atoms with Crippen molar-refractivity contribution in [2.24, 2.45) is 0 Å². The molecule has 0 aromatic carbocycles. The predicted molar refractivity (Wildman–Crippen MR) is 59.8 cm³/mol. The zero-order valence-electron chi connectivity index (χ0n) is 9.18. The second kappa shape index (κ2) is 5.37. The lowest BCUT2D eigenvalue weighted by molar-refractivity contribution is 0.375. The predicted octanol–water partition coefficient (Wildman–Crippen LogP) is 1.28. The quantitative estimate of drug-likeness (QED) is 0.766. The lowest BCUT2D eigenvalue weighted by Crippen LogP contribution is -2.08. The lowest BCUT2D eigenvalue weighted by Gasteiger charge is -1.93. The highest BCUT2D eigenvalue weighted by Gasteiger charge is 2.07. The molecule has 0 aliphatic heterocycles. The van der Waals surface area contributed by atoms with E-state index in [1.807, 2.05) is 19.2 Å². The third kappa shape index (κ3) is 2.64. The summed E-state index contributed by atoms with van der Waals surface area (Å²) in [5.74, 6) is 1.28. The van der Waals surface area contributed by atoms with Gasteiger partial charge in [0.15, 0.2) is 0 Å². The van der Waals surface area contributed by atoms with Crippen molar-refractivity contribution in [1.82, 2.24) is 20.4 Å². The first-order valence-electron chi connectivity index (χ1n) is 5.28. The molecule has 0 aliphatic carbocycles. The van der Waals surface area contributed by atoms with Crippen molar-refractivity contribution in [3.8, 4) is 11.4 Å². The molecule has 0 radical (unpaired) electrons. The van der Waals surface area contributed by atoms with Gasteiger partial charge in [-0.05, 0) is 32.1 Å². The van der Waals surface area contributed by atoms with Crippen molar-refractivity contribution in [3.05, 3.63) is 30.4 Å². The van der Waals surface area contributed by atoms with Gasteiger partial charge in [-0.15, -0.1) is 0 Å². The summed E-state index contributed by atoms with van der Waals surface area (Å²) in [4.78, 5) is 8.32. The Morgan fingerprint density at radius 2 is 2.38 bits per heavy atom. The molecule has 0 amide bonds. The van der Waals surface area contributed by atoms with Crippen molar-refractivity contribution in [2.45, 2.75) is 12.8 Å². The van der Waals surface area contributed by atoms with Crippen LogP contribution in [0.5, 0.6) is 0 Å². The minimum atomic E-state index is 0.604. The zero-order valence-corrected chi connectivity index (χ0v) is 9.18. The average Bonchev–Trinajstić information content (AvgIpc) is 2.79. The Morgan fingerprint density at radius 3 is 3.12 bits per heavy atom. The van der Waals surface area contributed by atoms with Gasteiger partial charge in [0.1, 0.15) is 0 Å². The Bertz CT molecular complexity index is 427. The van der Waals surface area contributed by atoms with E-state index < -0.39 is 0 Å². The molecule has 0 saturated heterocycles. The number of aromatic nitrogens is 3. The van der Waals surface area contributed by atoms with Crippen LogP contribution in [0.3, 0.4) is 0 Å². The van der Waals surface area contributed by atoms with Crippen LogP contribution in [0, 0.1) is 0 Å². The van der Waals surface area contributed by atoms with E-state index in [1.54, 1.807) is 12.4 Å². The highest BCUT2D eigenvalue weighted by atomic mass is 16.5. The van der Waals surface area contributed by atoms with Crippen molar-refractivity contribution >= 4 is 0 Å². The van der Waals surface area contributed by atoms with Crippen LogP contribution in [-0.4, -0.2) is 28.7 Å². The molecule has 2 aromatic heterocycles. The van der Waals surface area contributed by atoms with E-state index in [0.29, 0.717) is 11.7 Å². The number of nitrogens with zero attached hydrogens (tertiary/aromatic N) is 3. The maximum absolute atomic E-state index is 5.15. The van der Waals surface area contributed by atoms with Crippen molar-refractivity contribution in [1.29, 1.82) is 0 Å². The molecule has 84 valence electrons. The SMILES string of the molecule is CNCCCc1nc(-c2cccnc2)no1. The zero-order chi connectivity index (χ0) is 11.2. The van der Waals surface area contributed by atoms with Gasteiger partial charge < -0.3 is 9.84 Å². The number of nitrogens with one attached hydrogen (secondary N) is 1. The van der Waals surface area contributed by atoms with Gasteiger partial charge in [0.2, 0.25) is 11.7 Å². The molecular weight excluding hydrogens is 204 g/mol. The lowest BCUT2D eigenvalue weighted by atomic mass is 10.3. The molecule has 2 aromatic rings. The maximum Gasteiger partial charge on any atom is 0.227 e. The number of hydrogen-bond donors (Lipinski definition) is 1. The molecule has 5 nitrogen and oxygen atoms in total. The van der Waals surface area contributed by atoms with Crippen LogP contribution in [-0.2, 0) is 6.42 Å². The fraction of sp³-hybridized carbons (Fsp3) is 0.364. The fourth-order valence-electron chi connectivity index (χ4n) is 1.39. The summed E-state index contributed by atoms with van der Waals surface area (Å²) < 4.78 is 5.15. The van der Waals surface area contributed by atoms with E-state index in [2.05, 4.69) is 20.4 Å². The first kappa shape index (κ1) is 10.8. The largest absolute Gasteiger partial charge is 0.339 e. The van der Waals surface area contributed by atoms with Gasteiger partial charge >= 0.3 is 0 Å². The number of rotatable bonds is 5. The van der Waals surface area contributed by atoms with Crippen LogP contribution in [0.15, 0.2) is 29.0 Å². The second-order valence-electron chi connectivity index (χ2n) is 3.46. The fourth-order valence-corrected chi connectivity index (χ4v) is 1.39. The van der Waals surface area contributed by atoms with E-state index in [9.17, 15) is 0 Å². The summed E-state index contributed by atoms with van der Waals surface area (Å²) in [7, 11) is 1.93. The van der Waals surface area contributed by atoms with Crippen LogP contribution in [0.25, 0.3) is 11.4 Å². The van der Waals surface area contributed by atoms with Gasteiger partial charge in [-0.3, -0.25) is 4.98 Å². The number of hydrogen-bond acceptors (Lipinski definition) is 5. The molecule has 0 atom stereocenters. The van der Waals surface area contributed by atoms with Crippen molar-refractivity contribution in [3.63, 3.8) is 0 Å². The van der Waals surface area contributed by atoms with Crippen LogP contribution in [0.2, 0.25) is 0 Å². The Hall–Kier alpha value is -1.75. The Morgan fingerprint density at radius 1 is 1.44 bits per heavy atom. The minimum Gasteiger partial charge on any atom is -0.339 e. The molecule has 0 saturated carbocycles. The van der Waals surface area contributed by atoms with Gasteiger partial charge in [-0.1, -0.05) is 5.16 Å². The average molecular weight is 218 g/mol. The highest BCUT2D eigenvalue weighted by molar-refractivity contribution is 5.51. The summed E-state index contributed by atoms with van der Waals surface area (Å²) >= 11 is 0. The second-order valence-corrected chi connectivity index (χ2v) is 3.46. The van der Waals surface area contributed by atoms with Gasteiger partial charge in [0.25, 0.3) is 0 Å². The third-order valence-corrected chi connectivity index (χ3v) is 2.21. The first-order valence-corrected chi connectivity index (χ1v) is 5.28. The van der Waals surface area contributed by atoms with Crippen LogP contribution < -0.4 is 5.32 Å². The van der Waals surface area contributed by atoms with Gasteiger partial charge in [-0.25, -0.2) is 0 Å². The number of aryl methyl sites for hydroxylation is 1. The Balaban J connectivity index is 2.02. The Kier molecular flexibility index (Phi) is 3.61. The molecule has 5 heteroatoms. The van der Waals surface area contributed by atoms with Crippen LogP contribution >= 0.6 is 0 Å². The summed E-state index contributed by atoms with van der Waals surface area (Å²) in [5, 5.41) is 7.00. The Labute approximate surface area is 93.9 Å². The highest BCUT2D eigenvalue weighted by Crippen LogP contribution is 2.13. The first-order chi connectivity index (χ1) is 7.90. The molecule has 1 N–H and O–H groups in total. The van der Waals surface area contributed by atoms with E-state index in [4.69, 9.17) is 4.52 Å². The summed E-state index contributed by atoms with van der Waals surface area (Å²) in [6.45, 7) is 0.949.